The number of aliphatic hydroxyl groups is 9. The molecule has 19 nitrogen and oxygen atoms in total. The number of allylic oxidation sites excluding steroid dienone is 20. The Bertz CT molecular complexity index is 2340. The molecule has 0 radical (unpaired) electrons. The van der Waals surface area contributed by atoms with Crippen molar-refractivity contribution in [1.29, 1.82) is 0 Å². The second-order valence-electron chi connectivity index (χ2n) is 21.5. The molecule has 0 aliphatic heterocycles. The van der Waals surface area contributed by atoms with E-state index in [1.807, 2.05) is 140 Å². The quantitative estimate of drug-likeness (QED) is 0.0261. The molecule has 19 heteroatoms. The van der Waals surface area contributed by atoms with Crippen molar-refractivity contribution in [1.82, 2.24) is 0 Å². The highest BCUT2D eigenvalue weighted by Crippen LogP contribution is 2.42. The molecular weight excluding hydrogens is 1040 g/mol. The summed E-state index contributed by atoms with van der Waals surface area (Å²) in [4.78, 5) is 76.3. The Morgan fingerprint density at radius 3 is 1.16 bits per heavy atom. The van der Waals surface area contributed by atoms with E-state index in [-0.39, 0.29) is 37.2 Å². The number of carbonyl (C=O) groups is 6. The molecule has 2 aliphatic carbocycles. The third kappa shape index (κ3) is 23.2. The van der Waals surface area contributed by atoms with Crippen LogP contribution in [0.2, 0.25) is 0 Å². The fourth-order valence-corrected chi connectivity index (χ4v) is 8.56. The second kappa shape index (κ2) is 33.7. The Balaban J connectivity index is 1.91. The van der Waals surface area contributed by atoms with Gasteiger partial charge in [-0.1, -0.05) is 142 Å². The smallest absolute Gasteiger partial charge is 0.307 e. The summed E-state index contributed by atoms with van der Waals surface area (Å²) in [6, 6.07) is 0. The molecule has 0 aromatic heterocycles. The van der Waals surface area contributed by atoms with Crippen molar-refractivity contribution >= 4 is 35.4 Å². The van der Waals surface area contributed by atoms with Crippen LogP contribution in [-0.2, 0) is 47.7 Å². The SMILES string of the molecule is CCC(O)C(O)C(O)C(O)COC(=O)CCC(=O)OC1CC(C)(C)C(/C=C/C(C)=C/C=C/C(C)=C/C=C/C=C(C)/C=C/C=C(C)/C=C/C2=C(C)C(=O)C(OC(=O)CCC(=O)OCC(O)C(O)C(O)C(O)CO)CC2(C)C)=C(C)C1=O. The summed E-state index contributed by atoms with van der Waals surface area (Å²) in [7, 11) is 0. The Morgan fingerprint density at radius 2 is 0.812 bits per heavy atom. The molecule has 444 valence electrons. The molecule has 0 aromatic carbocycles. The van der Waals surface area contributed by atoms with Gasteiger partial charge in [-0.15, -0.1) is 0 Å². The second-order valence-corrected chi connectivity index (χ2v) is 21.5. The van der Waals surface area contributed by atoms with E-state index in [1.165, 1.54) is 0 Å². The number of rotatable bonds is 30. The average molecular weight is 1120 g/mol. The standard InChI is InChI=1S/C61H86O19/c1-12-44(63)56(73)58(75)46(65)34-77-50(67)27-29-52(69)79-48-31-60(8,9)42(40(6)54(48)71)25-23-38(4)21-15-19-36(2)17-13-14-18-37(3)20-16-22-39(5)24-26-43-41(7)55(72)49(32-61(43,10)11)80-53(70)30-28-51(68)78-35-47(66)59(76)57(74)45(64)33-62/h13-26,44-49,56-59,62-66,73-76H,12,27-35H2,1-11H3/b14-13+,19-15+,20-16+,25-23+,26-24+,36-17+,37-18+,38-21+,39-22+. The van der Waals surface area contributed by atoms with Gasteiger partial charge in [0.05, 0.1) is 38.4 Å². The van der Waals surface area contributed by atoms with Crippen LogP contribution in [0.3, 0.4) is 0 Å². The van der Waals surface area contributed by atoms with Crippen molar-refractivity contribution in [2.24, 2.45) is 10.8 Å². The van der Waals surface area contributed by atoms with E-state index >= 15 is 0 Å². The highest BCUT2D eigenvalue weighted by atomic mass is 16.6. The van der Waals surface area contributed by atoms with Gasteiger partial charge in [0, 0.05) is 12.8 Å². The van der Waals surface area contributed by atoms with Gasteiger partial charge in [0.1, 0.15) is 55.9 Å². The van der Waals surface area contributed by atoms with E-state index in [4.69, 9.17) is 24.1 Å². The Morgan fingerprint density at radius 1 is 0.500 bits per heavy atom. The highest BCUT2D eigenvalue weighted by Gasteiger charge is 2.41. The zero-order valence-electron chi connectivity index (χ0n) is 48.0. The predicted molar refractivity (Wildman–Crippen MR) is 299 cm³/mol. The molecular formula is C61H86O19. The number of esters is 4. The van der Waals surface area contributed by atoms with Crippen molar-refractivity contribution in [3.05, 3.63) is 130 Å². The maximum absolute atomic E-state index is 13.3. The van der Waals surface area contributed by atoms with Gasteiger partial charge in [0.2, 0.25) is 0 Å². The lowest BCUT2D eigenvalue weighted by atomic mass is 9.71. The summed E-state index contributed by atoms with van der Waals surface area (Å²) < 4.78 is 20.7. The van der Waals surface area contributed by atoms with Gasteiger partial charge in [0.15, 0.2) is 23.8 Å². The number of Topliss-reactive ketones (excluding diaryl/α,β-unsaturated/α-hetero) is 2. The van der Waals surface area contributed by atoms with Crippen molar-refractivity contribution < 1.29 is 93.7 Å². The van der Waals surface area contributed by atoms with Crippen LogP contribution in [0.25, 0.3) is 0 Å². The molecule has 0 heterocycles. The Hall–Kier alpha value is -6.00. The molecule has 80 heavy (non-hydrogen) atoms. The first-order valence-corrected chi connectivity index (χ1v) is 26.7. The van der Waals surface area contributed by atoms with E-state index in [2.05, 4.69) is 0 Å². The summed E-state index contributed by atoms with van der Waals surface area (Å²) in [6.07, 6.45) is 10.3. The summed E-state index contributed by atoms with van der Waals surface area (Å²) in [5.41, 5.74) is 5.30. The normalized spacial score (nSPS) is 21.8. The number of ketones is 2. The van der Waals surface area contributed by atoms with Crippen molar-refractivity contribution in [2.75, 3.05) is 19.8 Å². The lowest BCUT2D eigenvalue weighted by molar-refractivity contribution is -0.161. The predicted octanol–water partition coefficient (Wildman–Crippen LogP) is 4.94. The molecule has 9 N–H and O–H groups in total. The zero-order chi connectivity index (χ0) is 60.7. The number of ether oxygens (including phenoxy) is 4. The van der Waals surface area contributed by atoms with Crippen molar-refractivity contribution in [3.63, 3.8) is 0 Å². The highest BCUT2D eigenvalue weighted by molar-refractivity contribution is 6.02. The molecule has 0 aromatic rings. The monoisotopic (exact) mass is 1120 g/mol. The number of hydrogen-bond acceptors (Lipinski definition) is 19. The van der Waals surface area contributed by atoms with E-state index in [0.717, 1.165) is 33.4 Å². The molecule has 0 saturated carbocycles. The van der Waals surface area contributed by atoms with Gasteiger partial charge in [-0.3, -0.25) is 28.8 Å². The summed E-state index contributed by atoms with van der Waals surface area (Å²) in [5, 5.41) is 87.3. The van der Waals surface area contributed by atoms with Crippen LogP contribution < -0.4 is 0 Å². The van der Waals surface area contributed by atoms with E-state index in [0.29, 0.717) is 11.1 Å². The molecule has 2 rings (SSSR count). The maximum Gasteiger partial charge on any atom is 0.307 e. The Labute approximate surface area is 470 Å². The first kappa shape index (κ1) is 70.1. The van der Waals surface area contributed by atoms with Crippen LogP contribution in [0.15, 0.2) is 130 Å². The first-order valence-electron chi connectivity index (χ1n) is 26.7. The van der Waals surface area contributed by atoms with Gasteiger partial charge in [-0.05, 0) is 81.1 Å². The maximum atomic E-state index is 13.3. The average Bonchev–Trinajstić information content (AvgIpc) is 3.40. The van der Waals surface area contributed by atoms with Crippen LogP contribution in [0.4, 0.5) is 0 Å². The molecule has 0 bridgehead atoms. The van der Waals surface area contributed by atoms with Crippen LogP contribution >= 0.6 is 0 Å². The van der Waals surface area contributed by atoms with E-state index in [1.54, 1.807) is 20.8 Å². The van der Waals surface area contributed by atoms with Gasteiger partial charge in [-0.2, -0.15) is 0 Å². The summed E-state index contributed by atoms with van der Waals surface area (Å²) in [6.45, 7) is 18.3. The van der Waals surface area contributed by atoms with Gasteiger partial charge >= 0.3 is 23.9 Å². The van der Waals surface area contributed by atoms with Crippen molar-refractivity contribution in [2.45, 2.75) is 182 Å². The number of aliphatic hydroxyl groups excluding tert-OH is 9. The minimum atomic E-state index is -1.91. The number of hydrogen-bond donors (Lipinski definition) is 9. The fraction of sp³-hybridized carbons (Fsp3) is 0.541. The van der Waals surface area contributed by atoms with E-state index < -0.39 is 135 Å². The van der Waals surface area contributed by atoms with Gasteiger partial charge < -0.3 is 64.9 Å². The first-order chi connectivity index (χ1) is 37.4. The molecule has 0 fully saturated rings. The van der Waals surface area contributed by atoms with Crippen molar-refractivity contribution in [3.8, 4) is 0 Å². The van der Waals surface area contributed by atoms with Crippen LogP contribution in [-0.4, -0.2) is 162 Å². The van der Waals surface area contributed by atoms with Gasteiger partial charge in [-0.25, -0.2) is 0 Å². The third-order valence-corrected chi connectivity index (χ3v) is 13.6. The van der Waals surface area contributed by atoms with E-state index in [9.17, 15) is 69.6 Å². The molecule has 10 atom stereocenters. The lowest BCUT2D eigenvalue weighted by Crippen LogP contribution is -2.47. The number of carbonyl (C=O) groups excluding carboxylic acids is 6. The molecule has 0 saturated heterocycles. The molecule has 0 spiro atoms. The topological polar surface area (TPSA) is 321 Å². The zero-order valence-corrected chi connectivity index (χ0v) is 48.0. The minimum absolute atomic E-state index is 0.131. The molecule has 2 aliphatic rings. The molecule has 0 amide bonds. The largest absolute Gasteiger partial charge is 0.463 e. The molecule has 10 unspecified atom stereocenters. The summed E-state index contributed by atoms with van der Waals surface area (Å²) in [5.74, 6) is -4.04. The third-order valence-electron chi connectivity index (χ3n) is 13.6. The van der Waals surface area contributed by atoms with Crippen LogP contribution in [0.5, 0.6) is 0 Å². The minimum Gasteiger partial charge on any atom is -0.463 e. The Kier molecular flexibility index (Phi) is 29.5. The van der Waals surface area contributed by atoms with Gasteiger partial charge in [0.25, 0.3) is 0 Å². The summed E-state index contributed by atoms with van der Waals surface area (Å²) >= 11 is 0. The van der Waals surface area contributed by atoms with Crippen LogP contribution in [0, 0.1) is 10.8 Å². The van der Waals surface area contributed by atoms with Crippen LogP contribution in [0.1, 0.15) is 121 Å². The fourth-order valence-electron chi connectivity index (χ4n) is 8.56. The lowest BCUT2D eigenvalue weighted by Gasteiger charge is -2.36.